The second-order valence-electron chi connectivity index (χ2n) is 4.66. The van der Waals surface area contributed by atoms with E-state index in [1.807, 2.05) is 24.3 Å². The molecule has 1 aromatic rings. The summed E-state index contributed by atoms with van der Waals surface area (Å²) in [6, 6.07) is 6.39. The minimum atomic E-state index is -4.26. The molecule has 19 heavy (non-hydrogen) atoms. The van der Waals surface area contributed by atoms with Crippen molar-refractivity contribution in [1.82, 2.24) is 4.90 Å². The van der Waals surface area contributed by atoms with E-state index in [1.165, 1.54) is 4.90 Å². The van der Waals surface area contributed by atoms with Crippen molar-refractivity contribution in [1.29, 1.82) is 0 Å². The van der Waals surface area contributed by atoms with Crippen LogP contribution in [0.1, 0.15) is 17.5 Å². The molecule has 0 saturated heterocycles. The van der Waals surface area contributed by atoms with E-state index in [0.29, 0.717) is 0 Å². The Bertz CT molecular complexity index is 473. The second kappa shape index (κ2) is 5.21. The maximum atomic E-state index is 12.3. The third-order valence-corrected chi connectivity index (χ3v) is 3.31. The minimum Gasteiger partial charge on any atom is -0.480 e. The molecule has 0 amide bonds. The van der Waals surface area contributed by atoms with Crippen LogP contribution < -0.4 is 0 Å². The molecule has 1 N–H and O–H groups in total. The first-order valence-corrected chi connectivity index (χ1v) is 5.97. The number of carbonyl (C=O) groups is 1. The number of rotatable bonds is 3. The lowest BCUT2D eigenvalue weighted by Gasteiger charge is -2.34. The lowest BCUT2D eigenvalue weighted by Crippen LogP contribution is -2.46. The van der Waals surface area contributed by atoms with Crippen molar-refractivity contribution >= 4 is 5.97 Å². The molecule has 1 unspecified atom stereocenters. The molecule has 1 aromatic carbocycles. The van der Waals surface area contributed by atoms with Crippen LogP contribution in [-0.4, -0.2) is 34.7 Å². The monoisotopic (exact) mass is 273 g/mol. The molecule has 0 radical (unpaired) electrons. The Balaban J connectivity index is 2.15. The molecule has 3 nitrogen and oxygen atoms in total. The first kappa shape index (κ1) is 13.9. The number of nitrogens with zero attached hydrogens (tertiary/aromatic N) is 1. The predicted molar refractivity (Wildman–Crippen MR) is 62.7 cm³/mol. The molecule has 104 valence electrons. The van der Waals surface area contributed by atoms with Gasteiger partial charge in [0.15, 0.2) is 0 Å². The zero-order valence-corrected chi connectivity index (χ0v) is 10.2. The van der Waals surface area contributed by atoms with Crippen molar-refractivity contribution in [3.8, 4) is 0 Å². The number of carboxylic acid groups (broad SMARTS) is 1. The fourth-order valence-electron chi connectivity index (χ4n) is 2.33. The molecule has 1 atom stereocenters. The van der Waals surface area contributed by atoms with Crippen molar-refractivity contribution < 1.29 is 23.1 Å². The van der Waals surface area contributed by atoms with Gasteiger partial charge < -0.3 is 5.11 Å². The Morgan fingerprint density at radius 3 is 2.53 bits per heavy atom. The minimum absolute atomic E-state index is 0.253. The first-order valence-electron chi connectivity index (χ1n) is 5.97. The third-order valence-electron chi connectivity index (χ3n) is 3.31. The highest BCUT2D eigenvalue weighted by Crippen LogP contribution is 2.26. The van der Waals surface area contributed by atoms with Gasteiger partial charge in [0.05, 0.1) is 6.42 Å². The second-order valence-corrected chi connectivity index (χ2v) is 4.66. The third kappa shape index (κ3) is 3.47. The average Bonchev–Trinajstić information content (AvgIpc) is 2.34. The Morgan fingerprint density at radius 1 is 1.32 bits per heavy atom. The van der Waals surface area contributed by atoms with Gasteiger partial charge in [-0.25, -0.2) is 0 Å². The quantitative estimate of drug-likeness (QED) is 0.919. The van der Waals surface area contributed by atoms with E-state index >= 15 is 0 Å². The molecule has 1 aliphatic heterocycles. The fraction of sp³-hybridized carbons (Fsp3) is 0.462. The molecule has 6 heteroatoms. The molecule has 0 saturated carbocycles. The summed E-state index contributed by atoms with van der Waals surface area (Å²) in [6.07, 6.45) is -5.00. The molecular weight excluding hydrogens is 259 g/mol. The number of benzene rings is 1. The Kier molecular flexibility index (Phi) is 3.80. The predicted octanol–water partition coefficient (Wildman–Crippen LogP) is 2.45. The summed E-state index contributed by atoms with van der Waals surface area (Å²) in [4.78, 5) is 12.6. The van der Waals surface area contributed by atoms with Gasteiger partial charge in [-0.1, -0.05) is 24.3 Å². The maximum Gasteiger partial charge on any atom is 0.390 e. The van der Waals surface area contributed by atoms with Crippen LogP contribution in [0.2, 0.25) is 0 Å². The first-order chi connectivity index (χ1) is 8.87. The van der Waals surface area contributed by atoms with Crippen LogP contribution >= 0.6 is 0 Å². The zero-order valence-electron chi connectivity index (χ0n) is 10.2. The van der Waals surface area contributed by atoms with Crippen molar-refractivity contribution in [3.05, 3.63) is 35.4 Å². The molecule has 0 bridgehead atoms. The lowest BCUT2D eigenvalue weighted by molar-refractivity contribution is -0.151. The summed E-state index contributed by atoms with van der Waals surface area (Å²) in [5, 5.41) is 9.14. The number of hydrogen-bond acceptors (Lipinski definition) is 2. The number of fused-ring (bicyclic) bond motifs is 1. The van der Waals surface area contributed by atoms with E-state index in [4.69, 9.17) is 5.11 Å². The SMILES string of the molecule is O=C(O)C1Cc2ccccc2CN1CCC(F)(F)F. The number of alkyl halides is 3. The highest BCUT2D eigenvalue weighted by molar-refractivity contribution is 5.74. The van der Waals surface area contributed by atoms with E-state index in [-0.39, 0.29) is 19.5 Å². The van der Waals surface area contributed by atoms with Crippen LogP contribution in [0.4, 0.5) is 13.2 Å². The van der Waals surface area contributed by atoms with Crippen molar-refractivity contribution in [2.45, 2.75) is 31.6 Å². The van der Waals surface area contributed by atoms with E-state index in [9.17, 15) is 18.0 Å². The molecule has 0 spiro atoms. The van der Waals surface area contributed by atoms with Crippen molar-refractivity contribution in [2.24, 2.45) is 0 Å². The largest absolute Gasteiger partial charge is 0.480 e. The van der Waals surface area contributed by atoms with E-state index in [1.54, 1.807) is 0 Å². The summed E-state index contributed by atoms with van der Waals surface area (Å²) in [5.74, 6) is -1.07. The fourth-order valence-corrected chi connectivity index (χ4v) is 2.33. The van der Waals surface area contributed by atoms with E-state index in [2.05, 4.69) is 0 Å². The standard InChI is InChI=1S/C13H14F3NO2/c14-13(15,16)5-6-17-8-10-4-2-1-3-9(10)7-11(17)12(18)19/h1-4,11H,5-8H2,(H,18,19). The highest BCUT2D eigenvalue weighted by Gasteiger charge is 2.34. The Labute approximate surface area is 108 Å². The van der Waals surface area contributed by atoms with Gasteiger partial charge >= 0.3 is 12.1 Å². The number of halogens is 3. The Morgan fingerprint density at radius 2 is 1.95 bits per heavy atom. The number of carboxylic acids is 1. The molecular formula is C13H14F3NO2. The maximum absolute atomic E-state index is 12.3. The normalized spacial score (nSPS) is 20.1. The number of hydrogen-bond donors (Lipinski definition) is 1. The molecule has 0 fully saturated rings. The highest BCUT2D eigenvalue weighted by atomic mass is 19.4. The van der Waals surface area contributed by atoms with Crippen molar-refractivity contribution in [2.75, 3.05) is 6.54 Å². The zero-order chi connectivity index (χ0) is 14.0. The van der Waals surface area contributed by atoms with Crippen LogP contribution in [0.3, 0.4) is 0 Å². The van der Waals surface area contributed by atoms with Gasteiger partial charge in [0.25, 0.3) is 0 Å². The van der Waals surface area contributed by atoms with Gasteiger partial charge in [-0.2, -0.15) is 13.2 Å². The molecule has 1 heterocycles. The van der Waals surface area contributed by atoms with E-state index < -0.39 is 24.6 Å². The smallest absolute Gasteiger partial charge is 0.390 e. The van der Waals surface area contributed by atoms with Gasteiger partial charge in [0.2, 0.25) is 0 Å². The summed E-state index contributed by atoms with van der Waals surface area (Å²) in [7, 11) is 0. The summed E-state index contributed by atoms with van der Waals surface area (Å²) in [5.41, 5.74) is 1.81. The number of aliphatic carboxylic acids is 1. The van der Waals surface area contributed by atoms with Gasteiger partial charge in [-0.15, -0.1) is 0 Å². The van der Waals surface area contributed by atoms with Gasteiger partial charge in [-0.05, 0) is 17.5 Å². The summed E-state index contributed by atoms with van der Waals surface area (Å²) in [6.45, 7) is -0.0297. The van der Waals surface area contributed by atoms with E-state index in [0.717, 1.165) is 11.1 Å². The van der Waals surface area contributed by atoms with Crippen LogP contribution in [0, 0.1) is 0 Å². The van der Waals surface area contributed by atoms with Crippen molar-refractivity contribution in [3.63, 3.8) is 0 Å². The molecule has 1 aliphatic rings. The average molecular weight is 273 g/mol. The molecule has 2 rings (SSSR count). The van der Waals surface area contributed by atoms with Gasteiger partial charge in [-0.3, -0.25) is 9.69 Å². The van der Waals surface area contributed by atoms with Gasteiger partial charge in [0, 0.05) is 13.1 Å². The molecule has 0 aliphatic carbocycles. The van der Waals surface area contributed by atoms with Crippen LogP contribution in [0.25, 0.3) is 0 Å². The summed E-state index contributed by atoms with van der Waals surface area (Å²) < 4.78 is 36.8. The van der Waals surface area contributed by atoms with Crippen LogP contribution in [-0.2, 0) is 17.8 Å². The summed E-state index contributed by atoms with van der Waals surface area (Å²) >= 11 is 0. The molecule has 0 aromatic heterocycles. The topological polar surface area (TPSA) is 40.5 Å². The lowest BCUT2D eigenvalue weighted by atomic mass is 9.94. The van der Waals surface area contributed by atoms with Crippen LogP contribution in [0.5, 0.6) is 0 Å². The Hall–Kier alpha value is -1.56. The van der Waals surface area contributed by atoms with Gasteiger partial charge in [0.1, 0.15) is 6.04 Å². The van der Waals surface area contributed by atoms with Crippen LogP contribution in [0.15, 0.2) is 24.3 Å².